The summed E-state index contributed by atoms with van der Waals surface area (Å²) in [6, 6.07) is 6.49. The fourth-order valence-corrected chi connectivity index (χ4v) is 5.23. The molecule has 0 unspecified atom stereocenters. The van der Waals surface area contributed by atoms with E-state index in [4.69, 9.17) is 11.6 Å². The molecule has 2 rings (SSSR count). The molecule has 140 valence electrons. The third-order valence-corrected chi connectivity index (χ3v) is 6.95. The molecule has 0 aliphatic carbocycles. The highest BCUT2D eigenvalue weighted by Gasteiger charge is 2.34. The van der Waals surface area contributed by atoms with Crippen molar-refractivity contribution in [3.8, 4) is 0 Å². The van der Waals surface area contributed by atoms with Gasteiger partial charge in [-0.3, -0.25) is 4.79 Å². The largest absolute Gasteiger partial charge is 0.342 e. The van der Waals surface area contributed by atoms with Crippen LogP contribution in [0.25, 0.3) is 0 Å². The Morgan fingerprint density at radius 3 is 2.24 bits per heavy atom. The van der Waals surface area contributed by atoms with Gasteiger partial charge in [-0.2, -0.15) is 4.31 Å². The van der Waals surface area contributed by atoms with Crippen molar-refractivity contribution in [2.45, 2.75) is 44.4 Å². The van der Waals surface area contributed by atoms with Crippen molar-refractivity contribution in [2.24, 2.45) is 5.92 Å². The van der Waals surface area contributed by atoms with Crippen LogP contribution in [0.5, 0.6) is 0 Å². The summed E-state index contributed by atoms with van der Waals surface area (Å²) in [6.07, 6.45) is 3.00. The van der Waals surface area contributed by atoms with E-state index in [2.05, 4.69) is 13.8 Å². The molecule has 0 saturated carbocycles. The topological polar surface area (TPSA) is 57.7 Å². The fourth-order valence-electron chi connectivity index (χ4n) is 3.27. The first-order valence-electron chi connectivity index (χ1n) is 8.95. The molecule has 1 heterocycles. The van der Waals surface area contributed by atoms with Gasteiger partial charge in [0.05, 0.1) is 5.02 Å². The van der Waals surface area contributed by atoms with Crippen molar-refractivity contribution in [3.05, 3.63) is 29.3 Å². The van der Waals surface area contributed by atoms with Gasteiger partial charge in [-0.25, -0.2) is 8.42 Å². The maximum absolute atomic E-state index is 12.8. The minimum atomic E-state index is -3.61. The summed E-state index contributed by atoms with van der Waals surface area (Å²) in [5.74, 6) is 0.0780. The van der Waals surface area contributed by atoms with Crippen molar-refractivity contribution in [1.82, 2.24) is 9.21 Å². The third-order valence-electron chi connectivity index (χ3n) is 4.56. The van der Waals surface area contributed by atoms with Crippen LogP contribution in [0.1, 0.15) is 39.5 Å². The van der Waals surface area contributed by atoms with Gasteiger partial charge in [-0.1, -0.05) is 37.6 Å². The van der Waals surface area contributed by atoms with Gasteiger partial charge in [-0.05, 0) is 37.8 Å². The second-order valence-electron chi connectivity index (χ2n) is 6.43. The number of amides is 1. The lowest BCUT2D eigenvalue weighted by Crippen LogP contribution is -2.44. The lowest BCUT2D eigenvalue weighted by atomic mass is 9.96. The van der Waals surface area contributed by atoms with Crippen LogP contribution in [0, 0.1) is 5.92 Å². The Morgan fingerprint density at radius 2 is 1.72 bits per heavy atom. The monoisotopic (exact) mass is 386 g/mol. The lowest BCUT2D eigenvalue weighted by Gasteiger charge is -2.33. The van der Waals surface area contributed by atoms with Gasteiger partial charge < -0.3 is 4.90 Å². The zero-order valence-electron chi connectivity index (χ0n) is 14.9. The summed E-state index contributed by atoms with van der Waals surface area (Å²) in [7, 11) is -3.61. The molecule has 0 bridgehead atoms. The Hall–Kier alpha value is -1.11. The van der Waals surface area contributed by atoms with E-state index >= 15 is 0 Å². The molecule has 5 nitrogen and oxygen atoms in total. The minimum absolute atomic E-state index is 0.0872. The Labute approximate surface area is 156 Å². The normalized spacial score (nSPS) is 16.8. The molecule has 1 aliphatic heterocycles. The molecule has 0 N–H and O–H groups in total. The van der Waals surface area contributed by atoms with Crippen LogP contribution in [0.2, 0.25) is 5.02 Å². The van der Waals surface area contributed by atoms with Crippen LogP contribution in [0.3, 0.4) is 0 Å². The van der Waals surface area contributed by atoms with E-state index in [1.807, 2.05) is 4.90 Å². The SMILES string of the molecule is CCCN(CCC)C(=O)C1CCN(S(=O)(=O)c2ccccc2Cl)CC1. The second-order valence-corrected chi connectivity index (χ2v) is 8.75. The highest BCUT2D eigenvalue weighted by Crippen LogP contribution is 2.28. The Balaban J connectivity index is 2.04. The zero-order valence-corrected chi connectivity index (χ0v) is 16.5. The molecule has 1 fully saturated rings. The van der Waals surface area contributed by atoms with E-state index in [0.29, 0.717) is 25.9 Å². The van der Waals surface area contributed by atoms with Gasteiger partial charge in [0, 0.05) is 32.1 Å². The highest BCUT2D eigenvalue weighted by molar-refractivity contribution is 7.89. The number of nitrogens with zero attached hydrogens (tertiary/aromatic N) is 2. The van der Waals surface area contributed by atoms with Crippen LogP contribution >= 0.6 is 11.6 Å². The van der Waals surface area contributed by atoms with E-state index in [9.17, 15) is 13.2 Å². The zero-order chi connectivity index (χ0) is 18.4. The summed E-state index contributed by atoms with van der Waals surface area (Å²) in [5, 5.41) is 0.234. The van der Waals surface area contributed by atoms with Crippen LogP contribution in [-0.2, 0) is 14.8 Å². The number of sulfonamides is 1. The van der Waals surface area contributed by atoms with Gasteiger partial charge in [0.15, 0.2) is 0 Å². The van der Waals surface area contributed by atoms with Gasteiger partial charge in [0.2, 0.25) is 15.9 Å². The molecule has 0 spiro atoms. The Bertz CT molecular complexity index is 679. The average Bonchev–Trinajstić information content (AvgIpc) is 2.61. The van der Waals surface area contributed by atoms with E-state index < -0.39 is 10.0 Å². The number of carbonyl (C=O) groups is 1. The number of hydrogen-bond donors (Lipinski definition) is 0. The molecule has 1 aromatic carbocycles. The summed E-state index contributed by atoms with van der Waals surface area (Å²) >= 11 is 6.05. The molecule has 1 saturated heterocycles. The highest BCUT2D eigenvalue weighted by atomic mass is 35.5. The van der Waals surface area contributed by atoms with Crippen molar-refractivity contribution >= 4 is 27.5 Å². The van der Waals surface area contributed by atoms with Crippen molar-refractivity contribution in [1.29, 1.82) is 0 Å². The number of rotatable bonds is 7. The molecule has 1 amide bonds. The van der Waals surface area contributed by atoms with Crippen molar-refractivity contribution in [2.75, 3.05) is 26.2 Å². The number of carbonyl (C=O) groups excluding carboxylic acids is 1. The van der Waals surface area contributed by atoms with Gasteiger partial charge in [0.1, 0.15) is 4.90 Å². The molecule has 0 radical (unpaired) electrons. The number of benzene rings is 1. The summed E-state index contributed by atoms with van der Waals surface area (Å²) in [5.41, 5.74) is 0. The first-order chi connectivity index (χ1) is 11.9. The standard InChI is InChI=1S/C18H27ClN2O3S/c1-3-11-20(12-4-2)18(22)15-9-13-21(14-10-15)25(23,24)17-8-6-5-7-16(17)19/h5-8,15H,3-4,9-14H2,1-2H3. The minimum Gasteiger partial charge on any atom is -0.342 e. The van der Waals surface area contributed by atoms with Crippen LogP contribution in [-0.4, -0.2) is 49.7 Å². The maximum Gasteiger partial charge on any atom is 0.244 e. The molecule has 1 aliphatic rings. The van der Waals surface area contributed by atoms with E-state index in [-0.39, 0.29) is 21.7 Å². The molecular weight excluding hydrogens is 360 g/mol. The number of halogens is 1. The summed E-state index contributed by atoms with van der Waals surface area (Å²) < 4.78 is 27.0. The van der Waals surface area contributed by atoms with Gasteiger partial charge in [-0.15, -0.1) is 0 Å². The Kier molecular flexibility index (Phi) is 7.28. The third kappa shape index (κ3) is 4.74. The molecule has 0 aromatic heterocycles. The predicted octanol–water partition coefficient (Wildman–Crippen LogP) is 3.39. The summed E-state index contributed by atoms with van der Waals surface area (Å²) in [4.78, 5) is 14.8. The fraction of sp³-hybridized carbons (Fsp3) is 0.611. The number of piperidine rings is 1. The molecule has 1 aromatic rings. The number of hydrogen-bond acceptors (Lipinski definition) is 3. The lowest BCUT2D eigenvalue weighted by molar-refractivity contribution is -0.136. The average molecular weight is 387 g/mol. The second kappa shape index (κ2) is 9.01. The first kappa shape index (κ1) is 20.2. The Morgan fingerprint density at radius 1 is 1.16 bits per heavy atom. The smallest absolute Gasteiger partial charge is 0.244 e. The van der Waals surface area contributed by atoms with Crippen molar-refractivity contribution in [3.63, 3.8) is 0 Å². The first-order valence-corrected chi connectivity index (χ1v) is 10.8. The van der Waals surface area contributed by atoms with Gasteiger partial charge in [0.25, 0.3) is 0 Å². The van der Waals surface area contributed by atoms with E-state index in [1.165, 1.54) is 10.4 Å². The summed E-state index contributed by atoms with van der Waals surface area (Å²) in [6.45, 7) is 6.38. The molecule has 7 heteroatoms. The quantitative estimate of drug-likeness (QED) is 0.721. The van der Waals surface area contributed by atoms with Crippen LogP contribution in [0.4, 0.5) is 0 Å². The predicted molar refractivity (Wildman–Crippen MR) is 100 cm³/mol. The van der Waals surface area contributed by atoms with Crippen molar-refractivity contribution < 1.29 is 13.2 Å². The maximum atomic E-state index is 12.8. The van der Waals surface area contributed by atoms with Crippen LogP contribution < -0.4 is 0 Å². The van der Waals surface area contributed by atoms with Gasteiger partial charge >= 0.3 is 0 Å². The van der Waals surface area contributed by atoms with E-state index in [0.717, 1.165) is 25.9 Å². The molecular formula is C18H27ClN2O3S. The molecule has 0 atom stereocenters. The van der Waals surface area contributed by atoms with E-state index in [1.54, 1.807) is 18.2 Å². The van der Waals surface area contributed by atoms with Crippen LogP contribution in [0.15, 0.2) is 29.2 Å². The molecule has 25 heavy (non-hydrogen) atoms.